The molecule has 1 unspecified atom stereocenters. The zero-order valence-electron chi connectivity index (χ0n) is 28.1. The topological polar surface area (TPSA) is 91.3 Å². The van der Waals surface area contributed by atoms with Gasteiger partial charge in [-0.3, -0.25) is 9.59 Å². The van der Waals surface area contributed by atoms with Gasteiger partial charge >= 0.3 is 12.4 Å². The van der Waals surface area contributed by atoms with E-state index in [0.29, 0.717) is 22.3 Å². The SMILES string of the molecule is Cn1c(Nc2c(Cl)ccc(CNC(=O)C(C)(C)C)c2Cl)nc2cc(C(=O)N[C@H]3CC[C@H](C(F)(F)F)CC3)c(N3CCCC(C(F)(F)F)C3)cc21. The van der Waals surface area contributed by atoms with Gasteiger partial charge in [0.25, 0.3) is 5.91 Å². The van der Waals surface area contributed by atoms with Crippen molar-refractivity contribution in [3.63, 3.8) is 0 Å². The number of aryl methyl sites for hydroxylation is 1. The Kier molecular flexibility index (Phi) is 10.8. The van der Waals surface area contributed by atoms with Crippen molar-refractivity contribution in [1.29, 1.82) is 0 Å². The van der Waals surface area contributed by atoms with Crippen LogP contribution in [0.3, 0.4) is 0 Å². The highest BCUT2D eigenvalue weighted by molar-refractivity contribution is 6.39. The normalized spacial score (nSPS) is 20.6. The zero-order chi connectivity index (χ0) is 36.8. The average Bonchev–Trinajstić information content (AvgIpc) is 3.34. The minimum absolute atomic E-state index is 0.0353. The monoisotopic (exact) mass is 748 g/mol. The number of alkyl halides is 6. The number of imidazole rings is 1. The van der Waals surface area contributed by atoms with Crippen molar-refractivity contribution >= 4 is 63.4 Å². The molecule has 2 aromatic carbocycles. The largest absolute Gasteiger partial charge is 0.393 e. The van der Waals surface area contributed by atoms with Crippen LogP contribution < -0.4 is 20.9 Å². The first-order valence-electron chi connectivity index (χ1n) is 16.5. The standard InChI is InChI=1S/C34H40Cl2F6N6O2/c1-32(2,3)30(50)43-16-18-7-12-23(35)28(27(18)36)46-31-45-24-14-22(29(49)44-21-10-8-19(9-11-21)33(37,38)39)25(15-26(24)47(31)4)48-13-5-6-20(17-48)34(40,41)42/h7,12,14-15,19-21H,5-6,8-11,13,16-17H2,1-4H3,(H,43,50)(H,44,49)(H,45,46)/t19-,20?,21-. The number of carbonyl (C=O) groups excluding carboxylic acids is 2. The van der Waals surface area contributed by atoms with Crippen molar-refractivity contribution in [2.45, 2.75) is 84.2 Å². The van der Waals surface area contributed by atoms with E-state index in [1.807, 2.05) is 0 Å². The molecule has 0 bridgehead atoms. The first-order chi connectivity index (χ1) is 23.2. The molecule has 3 N–H and O–H groups in total. The van der Waals surface area contributed by atoms with Crippen LogP contribution in [0.5, 0.6) is 0 Å². The highest BCUT2D eigenvalue weighted by Gasteiger charge is 2.43. The lowest BCUT2D eigenvalue weighted by Gasteiger charge is -2.36. The Morgan fingerprint density at radius 2 is 1.60 bits per heavy atom. The van der Waals surface area contributed by atoms with Gasteiger partial charge in [0.2, 0.25) is 11.9 Å². The maximum Gasteiger partial charge on any atom is 0.393 e. The minimum atomic E-state index is -4.42. The average molecular weight is 750 g/mol. The molecule has 16 heteroatoms. The molecule has 1 saturated carbocycles. The fraction of sp³-hybridized carbons (Fsp3) is 0.559. The van der Waals surface area contributed by atoms with Crippen LogP contribution in [0.2, 0.25) is 10.0 Å². The van der Waals surface area contributed by atoms with E-state index in [-0.39, 0.29) is 91.3 Å². The number of benzene rings is 2. The van der Waals surface area contributed by atoms with Crippen LogP contribution >= 0.6 is 23.2 Å². The fourth-order valence-corrected chi connectivity index (χ4v) is 7.01. The molecule has 50 heavy (non-hydrogen) atoms. The van der Waals surface area contributed by atoms with Crippen LogP contribution in [0.1, 0.15) is 75.2 Å². The van der Waals surface area contributed by atoms with E-state index < -0.39 is 41.6 Å². The maximum atomic E-state index is 13.8. The fourth-order valence-electron chi connectivity index (χ4n) is 6.47. The number of rotatable bonds is 7. The summed E-state index contributed by atoms with van der Waals surface area (Å²) in [6, 6.07) is 5.90. The number of carbonyl (C=O) groups is 2. The van der Waals surface area contributed by atoms with Crippen LogP contribution in [-0.4, -0.2) is 52.8 Å². The Labute approximate surface area is 296 Å². The van der Waals surface area contributed by atoms with Crippen LogP contribution in [0, 0.1) is 17.3 Å². The Hall–Kier alpha value is -3.39. The van der Waals surface area contributed by atoms with Crippen molar-refractivity contribution in [3.8, 4) is 0 Å². The van der Waals surface area contributed by atoms with Crippen LogP contribution in [-0.2, 0) is 18.4 Å². The van der Waals surface area contributed by atoms with Crippen LogP contribution in [0.15, 0.2) is 24.3 Å². The van der Waals surface area contributed by atoms with Gasteiger partial charge in [-0.25, -0.2) is 4.98 Å². The molecular formula is C34H40Cl2F6N6O2. The van der Waals surface area contributed by atoms with E-state index in [9.17, 15) is 35.9 Å². The number of hydrogen-bond acceptors (Lipinski definition) is 5. The molecular weight excluding hydrogens is 709 g/mol. The number of hydrogen-bond donors (Lipinski definition) is 3. The molecule has 1 aliphatic carbocycles. The van der Waals surface area contributed by atoms with Gasteiger partial charge in [-0.15, -0.1) is 0 Å². The Bertz CT molecular complexity index is 1750. The van der Waals surface area contributed by atoms with Gasteiger partial charge in [0.1, 0.15) is 0 Å². The van der Waals surface area contributed by atoms with E-state index >= 15 is 0 Å². The summed E-state index contributed by atoms with van der Waals surface area (Å²) in [6.07, 6.45) is -8.49. The summed E-state index contributed by atoms with van der Waals surface area (Å²) < 4.78 is 82.9. The highest BCUT2D eigenvalue weighted by Crippen LogP contribution is 2.40. The van der Waals surface area contributed by atoms with Gasteiger partial charge in [0, 0.05) is 38.1 Å². The predicted molar refractivity (Wildman–Crippen MR) is 182 cm³/mol. The lowest BCUT2D eigenvalue weighted by Crippen LogP contribution is -2.43. The van der Waals surface area contributed by atoms with Crippen molar-refractivity contribution < 1.29 is 35.9 Å². The van der Waals surface area contributed by atoms with Gasteiger partial charge in [0.05, 0.1) is 49.9 Å². The molecule has 274 valence electrons. The Morgan fingerprint density at radius 1 is 0.940 bits per heavy atom. The lowest BCUT2D eigenvalue weighted by molar-refractivity contribution is -0.182. The number of nitrogens with zero attached hydrogens (tertiary/aromatic N) is 3. The molecule has 2 aliphatic rings. The smallest absolute Gasteiger partial charge is 0.370 e. The van der Waals surface area contributed by atoms with Crippen molar-refractivity contribution in [3.05, 3.63) is 45.4 Å². The second kappa shape index (κ2) is 14.3. The van der Waals surface area contributed by atoms with E-state index in [0.717, 1.165) is 0 Å². The highest BCUT2D eigenvalue weighted by atomic mass is 35.5. The molecule has 0 spiro atoms. The molecule has 2 amide bonds. The second-order valence-corrected chi connectivity index (χ2v) is 15.0. The zero-order valence-corrected chi connectivity index (χ0v) is 29.6. The number of anilines is 3. The molecule has 1 aromatic heterocycles. The maximum absolute atomic E-state index is 13.8. The predicted octanol–water partition coefficient (Wildman–Crippen LogP) is 8.92. The minimum Gasteiger partial charge on any atom is -0.370 e. The van der Waals surface area contributed by atoms with Crippen molar-refractivity contribution in [2.75, 3.05) is 23.3 Å². The molecule has 2 heterocycles. The van der Waals surface area contributed by atoms with Crippen molar-refractivity contribution in [2.24, 2.45) is 24.3 Å². The molecule has 2 fully saturated rings. The van der Waals surface area contributed by atoms with Gasteiger partial charge < -0.3 is 25.4 Å². The first kappa shape index (κ1) is 37.9. The van der Waals surface area contributed by atoms with Gasteiger partial charge in [-0.05, 0) is 62.3 Å². The number of piperidine rings is 1. The lowest BCUT2D eigenvalue weighted by atomic mass is 9.85. The molecule has 1 aliphatic heterocycles. The number of aromatic nitrogens is 2. The third-order valence-electron chi connectivity index (χ3n) is 9.52. The number of nitrogens with one attached hydrogen (secondary N) is 3. The Balaban J connectivity index is 1.47. The van der Waals surface area contributed by atoms with E-state index in [2.05, 4.69) is 20.9 Å². The summed E-state index contributed by atoms with van der Waals surface area (Å²) in [5.41, 5.74) is 1.48. The summed E-state index contributed by atoms with van der Waals surface area (Å²) in [5.74, 6) is -3.52. The molecule has 5 rings (SSSR count). The van der Waals surface area contributed by atoms with Crippen molar-refractivity contribution in [1.82, 2.24) is 20.2 Å². The van der Waals surface area contributed by atoms with Gasteiger partial charge in [0.15, 0.2) is 0 Å². The first-order valence-corrected chi connectivity index (χ1v) is 17.2. The third-order valence-corrected chi connectivity index (χ3v) is 10.3. The Morgan fingerprint density at radius 3 is 2.22 bits per heavy atom. The number of halogens is 8. The summed E-state index contributed by atoms with van der Waals surface area (Å²) in [4.78, 5) is 32.4. The third kappa shape index (κ3) is 8.38. The molecule has 0 radical (unpaired) electrons. The van der Waals surface area contributed by atoms with E-state index in [1.54, 1.807) is 55.5 Å². The van der Waals surface area contributed by atoms with Gasteiger partial charge in [-0.1, -0.05) is 50.0 Å². The van der Waals surface area contributed by atoms with E-state index in [1.165, 1.54) is 6.07 Å². The molecule has 8 nitrogen and oxygen atoms in total. The number of amides is 2. The molecule has 3 aromatic rings. The van der Waals surface area contributed by atoms with Gasteiger partial charge in [-0.2, -0.15) is 26.3 Å². The van der Waals surface area contributed by atoms with E-state index in [4.69, 9.17) is 23.2 Å². The second-order valence-electron chi connectivity index (χ2n) is 14.2. The quantitative estimate of drug-likeness (QED) is 0.210. The van der Waals surface area contributed by atoms with Crippen LogP contribution in [0.4, 0.5) is 43.7 Å². The van der Waals surface area contributed by atoms with Crippen LogP contribution in [0.25, 0.3) is 11.0 Å². The summed E-state index contributed by atoms with van der Waals surface area (Å²) >= 11 is 13.3. The summed E-state index contributed by atoms with van der Waals surface area (Å²) in [7, 11) is 1.68. The molecule has 1 saturated heterocycles. The number of fused-ring (bicyclic) bond motifs is 1. The molecule has 1 atom stereocenters. The summed E-state index contributed by atoms with van der Waals surface area (Å²) in [6.45, 7) is 5.42. The summed E-state index contributed by atoms with van der Waals surface area (Å²) in [5, 5.41) is 9.32.